The highest BCUT2D eigenvalue weighted by molar-refractivity contribution is 6.99. The number of aliphatic hydroxyl groups excluding tert-OH is 4. The predicted molar refractivity (Wildman–Crippen MR) is 187 cm³/mol. The van der Waals surface area contributed by atoms with E-state index < -0.39 is 129 Å². The van der Waals surface area contributed by atoms with Crippen molar-refractivity contribution in [2.75, 3.05) is 67.6 Å². The minimum atomic E-state index is -5.74. The number of aliphatic hydroxyl groups is 4. The highest BCUT2D eigenvalue weighted by Crippen LogP contribution is 2.47. The lowest BCUT2D eigenvalue weighted by Gasteiger charge is -2.57. The van der Waals surface area contributed by atoms with Gasteiger partial charge in [0.15, 0.2) is 0 Å². The molecule has 9 atom stereocenters. The molecule has 0 saturated carbocycles. The van der Waals surface area contributed by atoms with Gasteiger partial charge in [0.1, 0.15) is 24.9 Å². The summed E-state index contributed by atoms with van der Waals surface area (Å²) in [5, 5.41) is 43.5. The second-order valence-electron chi connectivity index (χ2n) is 11.2. The van der Waals surface area contributed by atoms with Gasteiger partial charge in [-0.3, -0.25) is 0 Å². The van der Waals surface area contributed by atoms with Gasteiger partial charge >= 0.3 is 97.8 Å². The molecule has 27 nitrogen and oxygen atoms in total. The van der Waals surface area contributed by atoms with Gasteiger partial charge in [0, 0.05) is 60.8 Å². The molecular formula is C16H48O27Si11. The molecule has 5 bridgehead atoms. The molecule has 1 spiro atoms. The second-order valence-corrected chi connectivity index (χ2v) is 42.2. The molecule has 0 radical (unpaired) electrons. The highest BCUT2D eigenvalue weighted by Gasteiger charge is 2.84. The second kappa shape index (κ2) is 17.4. The lowest BCUT2D eigenvalue weighted by atomic mass is 11.0. The monoisotopic (exact) mass is 980 g/mol. The van der Waals surface area contributed by atoms with Gasteiger partial charge in [-0.2, -0.15) is 0 Å². The van der Waals surface area contributed by atoms with Crippen molar-refractivity contribution < 1.29 is 119 Å². The molecule has 38 heteroatoms. The van der Waals surface area contributed by atoms with Gasteiger partial charge in [-0.25, -0.2) is 0 Å². The topological polar surface area (TPSA) is 326 Å². The van der Waals surface area contributed by atoms with Crippen LogP contribution < -0.4 is 0 Å². The van der Waals surface area contributed by atoms with Crippen LogP contribution >= 0.6 is 0 Å². The largest absolute Gasteiger partial charge is 0.670 e. The van der Waals surface area contributed by atoms with Crippen LogP contribution in [0.1, 0.15) is 20.8 Å². The Morgan fingerprint density at radius 3 is 1.46 bits per heavy atom. The van der Waals surface area contributed by atoms with E-state index in [4.69, 9.17) is 84.2 Å². The van der Waals surface area contributed by atoms with Gasteiger partial charge in [-0.1, -0.05) is 20.8 Å². The average Bonchev–Trinajstić information content (AvgIpc) is 3.15. The quantitative estimate of drug-likeness (QED) is 0.0669. The van der Waals surface area contributed by atoms with E-state index in [9.17, 15) is 34.8 Å². The van der Waals surface area contributed by atoms with Gasteiger partial charge in [0.05, 0.1) is 0 Å². The van der Waals surface area contributed by atoms with E-state index in [-0.39, 0.29) is 12.1 Å². The minimum Gasteiger partial charge on any atom is -0.392 e. The summed E-state index contributed by atoms with van der Waals surface area (Å²) in [5.74, 6) is 0. The third kappa shape index (κ3) is 9.44. The molecule has 54 heavy (non-hydrogen) atoms. The zero-order valence-electron chi connectivity index (χ0n) is 30.7. The summed E-state index contributed by atoms with van der Waals surface area (Å²) >= 11 is 0. The Morgan fingerprint density at radius 1 is 0.500 bits per heavy atom. The van der Waals surface area contributed by atoms with Crippen LogP contribution in [0.4, 0.5) is 0 Å². The van der Waals surface area contributed by atoms with Crippen LogP contribution in [0.25, 0.3) is 0 Å². The van der Waals surface area contributed by atoms with Crippen LogP contribution in [0.3, 0.4) is 0 Å². The lowest BCUT2D eigenvalue weighted by molar-refractivity contribution is -0.0757. The van der Waals surface area contributed by atoms with Crippen LogP contribution in [0.5, 0.6) is 0 Å². The first-order chi connectivity index (χ1) is 25.2. The van der Waals surface area contributed by atoms with E-state index in [0.29, 0.717) is 0 Å². The summed E-state index contributed by atoms with van der Waals surface area (Å²) in [6, 6.07) is -0.937. The van der Waals surface area contributed by atoms with E-state index in [0.717, 1.165) is 42.7 Å². The number of hydrogen-bond donors (Lipinski definition) is 7. The maximum absolute atomic E-state index is 12.1. The van der Waals surface area contributed by atoms with Crippen LogP contribution in [-0.2, 0) is 84.2 Å². The Morgan fingerprint density at radius 2 is 1.04 bits per heavy atom. The van der Waals surface area contributed by atoms with Crippen LogP contribution in [-0.4, -0.2) is 200 Å². The molecule has 4 saturated heterocycles. The average molecular weight is 981 g/mol. The van der Waals surface area contributed by atoms with Crippen molar-refractivity contribution >= 4 is 97.8 Å². The number of rotatable bonds is 17. The van der Waals surface area contributed by atoms with Crippen LogP contribution in [0.15, 0.2) is 0 Å². The summed E-state index contributed by atoms with van der Waals surface area (Å²) in [4.78, 5) is 35.0. The molecule has 0 aromatic heterocycles. The Balaban J connectivity index is 2.14. The van der Waals surface area contributed by atoms with Crippen molar-refractivity contribution in [1.29, 1.82) is 0 Å². The van der Waals surface area contributed by atoms with Gasteiger partial charge in [-0.15, -0.1) is 0 Å². The molecule has 4 heterocycles. The fourth-order valence-electron chi connectivity index (χ4n) is 4.90. The standard InChI is InChI=1S/C16H48O27Si11/c1-10-44(21)30-49(15-19)34-46(12-3)35-50(16-20)31-45(22,11-2)33-53(42-51(23,27-7)28-8,37-47(13-17,24-4)25-5)43-54(36-46,41-50)39-48(14-18,26-6)38-52(29-9,32-44)40-49/h17-23H,10-16H2,1-9H3. The molecule has 9 unspecified atom stereocenters. The SMILES string of the molecule is CC[Si]1(O)O[Si]2(CO)O[Si]3(CC)O[Si]4(CO)O[Si](O)(CC)O[Si](O[Si](O)(OC)OC)(O[Si](CO)(OC)OC)O[Si](O4)(O3)O[Si](CO)(OC)O[Si](OC)(O1)O2. The van der Waals surface area contributed by atoms with Gasteiger partial charge < -0.3 is 119 Å². The molecule has 0 aromatic rings. The Bertz CT molecular complexity index is 1270. The van der Waals surface area contributed by atoms with E-state index >= 15 is 0 Å². The molecule has 318 valence electrons. The third-order valence-corrected chi connectivity index (χ3v) is 47.5. The molecule has 0 aromatic carbocycles. The van der Waals surface area contributed by atoms with E-state index in [1.807, 2.05) is 0 Å². The fraction of sp³-hybridized carbons (Fsp3) is 1.00. The third-order valence-electron chi connectivity index (χ3n) is 7.81. The van der Waals surface area contributed by atoms with E-state index in [1.54, 1.807) is 0 Å². The van der Waals surface area contributed by atoms with Crippen molar-refractivity contribution in [1.82, 2.24) is 0 Å². The molecule has 0 aliphatic carbocycles. The van der Waals surface area contributed by atoms with E-state index in [1.165, 1.54) is 20.8 Å². The molecule has 4 fully saturated rings. The maximum atomic E-state index is 12.1. The summed E-state index contributed by atoms with van der Waals surface area (Å²) in [6.07, 6.45) is -4.42. The highest BCUT2D eigenvalue weighted by atomic mass is 28.6. The van der Waals surface area contributed by atoms with Crippen molar-refractivity contribution in [3.05, 3.63) is 0 Å². The summed E-state index contributed by atoms with van der Waals surface area (Å²) in [5.41, 5.74) is 0. The van der Waals surface area contributed by atoms with Crippen molar-refractivity contribution in [2.45, 2.75) is 38.9 Å². The maximum Gasteiger partial charge on any atom is 0.670 e. The molecule has 4 aliphatic heterocycles. The normalized spacial score (nSPS) is 43.3. The smallest absolute Gasteiger partial charge is 0.392 e. The van der Waals surface area contributed by atoms with Gasteiger partial charge in [0.25, 0.3) is 0 Å². The van der Waals surface area contributed by atoms with Crippen LogP contribution in [0, 0.1) is 0 Å². The number of hydrogen-bond acceptors (Lipinski definition) is 27. The first kappa shape index (κ1) is 48.0. The van der Waals surface area contributed by atoms with Gasteiger partial charge in [0.2, 0.25) is 0 Å². The molecule has 4 rings (SSSR count). The summed E-state index contributed by atoms with van der Waals surface area (Å²) < 4.78 is 119. The molecule has 7 N–H and O–H groups in total. The van der Waals surface area contributed by atoms with Crippen molar-refractivity contribution in [3.63, 3.8) is 0 Å². The fourth-order valence-corrected chi connectivity index (χ4v) is 52.0. The first-order valence-electron chi connectivity index (χ1n) is 15.9. The van der Waals surface area contributed by atoms with Crippen molar-refractivity contribution in [3.8, 4) is 0 Å². The van der Waals surface area contributed by atoms with Crippen molar-refractivity contribution in [2.24, 2.45) is 0 Å². The lowest BCUT2D eigenvalue weighted by Crippen LogP contribution is -2.87. The Labute approximate surface area is 322 Å². The first-order valence-corrected chi connectivity index (χ1v) is 36.1. The summed E-state index contributed by atoms with van der Waals surface area (Å²) in [7, 11) is -48.7. The Kier molecular flexibility index (Phi) is 15.4. The Hall–Kier alpha value is 1.31. The minimum absolute atomic E-state index is 0.195. The molecular weight excluding hydrogens is 933 g/mol. The van der Waals surface area contributed by atoms with Crippen LogP contribution in [0.2, 0.25) is 18.1 Å². The molecule has 4 aliphatic rings. The van der Waals surface area contributed by atoms with E-state index in [2.05, 4.69) is 0 Å². The molecule has 0 amide bonds. The number of fused-ring (bicyclic) bond motifs is 4. The van der Waals surface area contributed by atoms with Gasteiger partial charge in [-0.05, 0) is 0 Å². The predicted octanol–water partition coefficient (Wildman–Crippen LogP) is -5.37. The summed E-state index contributed by atoms with van der Waals surface area (Å²) in [6.45, 7) is 4.38. The zero-order valence-corrected chi connectivity index (χ0v) is 41.7. The zero-order chi connectivity index (χ0) is 40.6.